The van der Waals surface area contributed by atoms with Crippen molar-refractivity contribution in [2.24, 2.45) is 0 Å². The zero-order valence-electron chi connectivity index (χ0n) is 47.7. The molecule has 0 bridgehead atoms. The molecule has 14 nitrogen and oxygen atoms in total. The number of fused-ring (bicyclic) bond motifs is 6. The van der Waals surface area contributed by atoms with Gasteiger partial charge in [0.05, 0.1) is 16.8 Å². The minimum atomic E-state index is -5.84. The Bertz CT molecular complexity index is 3920. The summed E-state index contributed by atoms with van der Waals surface area (Å²) in [5, 5.41) is 2.02. The van der Waals surface area contributed by atoms with Gasteiger partial charge in [-0.1, -0.05) is 66.2 Å². The van der Waals surface area contributed by atoms with E-state index in [1.807, 2.05) is 218 Å². The van der Waals surface area contributed by atoms with Gasteiger partial charge < -0.3 is 54.6 Å². The van der Waals surface area contributed by atoms with Crippen LogP contribution in [-0.4, -0.2) is 64.3 Å². The third kappa shape index (κ3) is 22.3. The van der Waals surface area contributed by atoms with Crippen LogP contribution in [0.5, 0.6) is 0 Å². The fourth-order valence-electron chi connectivity index (χ4n) is 7.83. The van der Waals surface area contributed by atoms with Gasteiger partial charge in [0.1, 0.15) is 16.7 Å². The Morgan fingerprint density at radius 1 is 0.378 bits per heavy atom. The van der Waals surface area contributed by atoms with Crippen molar-refractivity contribution in [1.82, 2.24) is 34.9 Å². The van der Waals surface area contributed by atoms with E-state index in [0.717, 1.165) is 100 Å². The molecule has 0 fully saturated rings. The fraction of sp³-hybridized carbons (Fsp3) is 0.0147. The van der Waals surface area contributed by atoms with Crippen LogP contribution in [0, 0.1) is 101 Å². The third-order valence-corrected chi connectivity index (χ3v) is 12.1. The summed E-state index contributed by atoms with van der Waals surface area (Å²) >= 11 is 0. The Balaban J connectivity index is 0.000000542. The van der Waals surface area contributed by atoms with E-state index in [0.29, 0.717) is 0 Å². The zero-order chi connectivity index (χ0) is 57.0. The second-order valence-corrected chi connectivity index (χ2v) is 18.4. The van der Waals surface area contributed by atoms with E-state index in [2.05, 4.69) is 59.2 Å². The maximum atomic E-state index is 10.7. The predicted molar refractivity (Wildman–Crippen MR) is 332 cm³/mol. The molecular weight excluding hydrogens is 1980 g/mol. The van der Waals surface area contributed by atoms with Gasteiger partial charge in [0, 0.05) is 157 Å². The van der Waals surface area contributed by atoms with Crippen molar-refractivity contribution in [3.63, 3.8) is 0 Å². The number of alkyl halides is 3. The third-order valence-electron chi connectivity index (χ3n) is 11.5. The molecule has 0 aliphatic heterocycles. The molecule has 5 N–H and O–H groups in total. The van der Waals surface area contributed by atoms with Crippen LogP contribution in [0.3, 0.4) is 0 Å². The van der Waals surface area contributed by atoms with Crippen molar-refractivity contribution in [2.75, 3.05) is 0 Å². The molecule has 0 aliphatic carbocycles. The van der Waals surface area contributed by atoms with Crippen LogP contribution in [0.25, 0.3) is 100 Å². The Hall–Kier alpha value is -7.23. The summed E-state index contributed by atoms with van der Waals surface area (Å²) in [7, 11) is -5.84. The number of aromatic nitrogens is 7. The van der Waals surface area contributed by atoms with Crippen molar-refractivity contribution in [3.05, 3.63) is 301 Å². The molecule has 0 spiro atoms. The van der Waals surface area contributed by atoms with E-state index >= 15 is 0 Å². The number of halogens is 3. The van der Waals surface area contributed by atoms with Crippen LogP contribution in [0.2, 0.25) is 0 Å². The van der Waals surface area contributed by atoms with Crippen molar-refractivity contribution < 1.29 is 148 Å². The summed E-state index contributed by atoms with van der Waals surface area (Å²) in [5.41, 5.74) is 9.13. The molecule has 0 aliphatic rings. The fourth-order valence-corrected chi connectivity index (χ4v) is 7.83. The number of benzene rings is 5. The molecule has 462 valence electrons. The summed E-state index contributed by atoms with van der Waals surface area (Å²) in [6.45, 7) is 0. The quantitative estimate of drug-likeness (QED) is 0.0963. The number of hydrogen-bond donors (Lipinski definition) is 1. The molecule has 14 rings (SSSR count). The van der Waals surface area contributed by atoms with Crippen LogP contribution in [0.4, 0.5) is 13.2 Å². The second kappa shape index (κ2) is 40.5. The first kappa shape index (κ1) is 80.8. The first-order chi connectivity index (χ1) is 40.0. The van der Waals surface area contributed by atoms with Crippen LogP contribution in [0.1, 0.15) is 0 Å². The van der Waals surface area contributed by atoms with Gasteiger partial charge in [-0.15, -0.1) is 126 Å². The largest absolute Gasteiger partial charge is 0.522 e. The van der Waals surface area contributed by atoms with Gasteiger partial charge in [-0.3, -0.25) is 19.5 Å². The number of nitrogens with zero attached hydrogens (tertiary/aromatic N) is 7. The maximum Gasteiger partial charge on any atom is 0.522 e. The molecule has 0 saturated carbocycles. The van der Waals surface area contributed by atoms with Crippen molar-refractivity contribution in [1.29, 1.82) is 0 Å². The Labute approximate surface area is 594 Å². The summed E-state index contributed by atoms with van der Waals surface area (Å²) < 4.78 is 69.4. The van der Waals surface area contributed by atoms with Crippen molar-refractivity contribution >= 4 is 54.3 Å². The van der Waals surface area contributed by atoms with Crippen molar-refractivity contribution in [3.8, 4) is 56.3 Å². The smallest absolute Gasteiger partial charge is 0.499 e. The van der Waals surface area contributed by atoms with E-state index in [9.17, 15) is 13.2 Å². The second-order valence-electron chi connectivity index (χ2n) is 17.0. The van der Waals surface area contributed by atoms with E-state index in [-0.39, 0.29) is 128 Å². The molecule has 2 radical (unpaired) electrons. The first-order valence-electron chi connectivity index (χ1n) is 25.0. The van der Waals surface area contributed by atoms with Gasteiger partial charge >= 0.3 is 15.6 Å². The van der Waals surface area contributed by atoms with E-state index in [1.165, 1.54) is 0 Å². The summed E-state index contributed by atoms with van der Waals surface area (Å²) in [5.74, 6) is 0. The number of rotatable bonds is 5. The minimum Gasteiger partial charge on any atom is -0.499 e. The van der Waals surface area contributed by atoms with E-state index < -0.39 is 15.6 Å². The van der Waals surface area contributed by atoms with Gasteiger partial charge in [-0.2, -0.15) is 21.6 Å². The van der Waals surface area contributed by atoms with Crippen LogP contribution >= 0.6 is 0 Å². The minimum absolute atomic E-state index is 0. The number of hydrogen-bond acceptors (Lipinski definition) is 11. The predicted octanol–water partition coefficient (Wildman–Crippen LogP) is 15.2. The molecule has 14 aromatic rings. The molecule has 90 heavy (non-hydrogen) atoms. The number of pyridine rings is 7. The molecule has 22 heteroatoms. The van der Waals surface area contributed by atoms with E-state index in [4.69, 9.17) is 21.8 Å². The monoisotopic (exact) mass is 2030 g/mol. The van der Waals surface area contributed by atoms with Gasteiger partial charge in [-0.05, 0) is 101 Å². The summed E-state index contributed by atoms with van der Waals surface area (Å²) in [4.78, 5) is 30.2. The molecule has 9 aromatic heterocycles. The van der Waals surface area contributed by atoms with E-state index in [1.54, 1.807) is 43.4 Å². The molecular formula is C68H54F3Ir2N7O7SU2-6. The topological polar surface area (TPSA) is 234 Å². The Morgan fingerprint density at radius 3 is 1.08 bits per heavy atom. The molecule has 9 heterocycles. The molecule has 0 amide bonds. The number of furan rings is 2. The molecule has 0 unspecified atom stereocenters. The van der Waals surface area contributed by atoms with Gasteiger partial charge in [0.25, 0.3) is 0 Å². The molecule has 0 atom stereocenters. The molecule has 5 aromatic carbocycles. The maximum absolute atomic E-state index is 10.7. The van der Waals surface area contributed by atoms with Gasteiger partial charge in [0.2, 0.25) is 0 Å². The van der Waals surface area contributed by atoms with Gasteiger partial charge in [-0.25, -0.2) is 0 Å². The number of para-hydroxylation sites is 1. The summed E-state index contributed by atoms with van der Waals surface area (Å²) in [6.07, 6.45) is 12.5. The zero-order valence-corrected chi connectivity index (χ0v) is 61.7. The van der Waals surface area contributed by atoms with Gasteiger partial charge in [0.15, 0.2) is 5.58 Å². The van der Waals surface area contributed by atoms with Crippen molar-refractivity contribution in [2.45, 2.75) is 5.51 Å². The average Bonchev–Trinajstić information content (AvgIpc) is 4.19. The normalized spacial score (nSPS) is 9.82. The Morgan fingerprint density at radius 2 is 0.722 bits per heavy atom. The summed E-state index contributed by atoms with van der Waals surface area (Å²) in [6, 6.07) is 82.8. The standard InChI is InChI=1S/C16H10N2O.C16H9N2O.3C11H8N.CHF3O3S.2CH3.2Ir.2H2O.2U/c2*1-2-9-17-13(7-1)11-5-3-6-12-15-14(19-16(11)12)8-4-10-18-15;3*1-2-6-10(7-3-1)11-8-4-5-9-12-11;2-1(3,4)8(5,6)7;;;;;;;;/h1-10H;1-4,6-10H;3*1-6,8-9H;(H,5,6,7);2*1H3;;;2*1H2;;/q;4*-1;;2*-1;;;;;;. The molecule has 0 saturated heterocycles. The average molecular weight is 2030 g/mol. The van der Waals surface area contributed by atoms with Crippen LogP contribution in [0.15, 0.2) is 271 Å². The van der Waals surface area contributed by atoms with Crippen LogP contribution in [-0.2, 0) is 50.3 Å². The van der Waals surface area contributed by atoms with Crippen LogP contribution < -0.4 is 0 Å². The SMILES string of the molecule is O.O.O=S(=O)(O)C(F)(F)F.[CH3-].[CH3-].[Ir].[Ir].[U].[U].[c-]1ccc2c(oc3cccnc32)c1-c1ccccn1.[c-]1ccccc1-c1ccccn1.[c-]1ccccc1-c1ccccn1.[c-]1ccccc1-c1ccccn1.c1ccc(-c2cccc3c2oc2cccnc23)nc1. The Kier molecular flexibility index (Phi) is 36.4. The first-order valence-corrected chi connectivity index (χ1v) is 26.4.